The molecule has 3 rings (SSSR count). The SMILES string of the molecule is COCCn1c(NC(=O)CSc2ccc3ccccc3[nH+]2)cc(=O)[nH]c1=O. The van der Waals surface area contributed by atoms with Gasteiger partial charge in [0.15, 0.2) is 0 Å². The van der Waals surface area contributed by atoms with Crippen molar-refractivity contribution in [3.8, 4) is 0 Å². The molecule has 0 atom stereocenters. The first-order valence-electron chi connectivity index (χ1n) is 8.23. The van der Waals surface area contributed by atoms with E-state index in [1.54, 1.807) is 0 Å². The fourth-order valence-corrected chi connectivity index (χ4v) is 3.24. The molecule has 0 bridgehead atoms. The summed E-state index contributed by atoms with van der Waals surface area (Å²) in [6, 6.07) is 12.9. The molecule has 2 heterocycles. The van der Waals surface area contributed by atoms with Crippen molar-refractivity contribution in [1.82, 2.24) is 9.55 Å². The van der Waals surface area contributed by atoms with Crippen molar-refractivity contribution in [2.75, 3.05) is 24.8 Å². The molecule has 140 valence electrons. The second kappa shape index (κ2) is 8.65. The Morgan fingerprint density at radius 3 is 2.89 bits per heavy atom. The largest absolute Gasteiger partial charge is 0.383 e. The first-order chi connectivity index (χ1) is 13.1. The summed E-state index contributed by atoms with van der Waals surface area (Å²) in [4.78, 5) is 41.2. The monoisotopic (exact) mass is 387 g/mol. The molecule has 0 radical (unpaired) electrons. The summed E-state index contributed by atoms with van der Waals surface area (Å²) >= 11 is 1.33. The number of hydrogen-bond donors (Lipinski definition) is 2. The zero-order chi connectivity index (χ0) is 19.2. The summed E-state index contributed by atoms with van der Waals surface area (Å²) < 4.78 is 6.22. The Bertz CT molecular complexity index is 1080. The quantitative estimate of drug-likeness (QED) is 0.585. The highest BCUT2D eigenvalue weighted by Gasteiger charge is 2.12. The van der Waals surface area contributed by atoms with Gasteiger partial charge in [0.05, 0.1) is 18.9 Å². The lowest BCUT2D eigenvalue weighted by atomic mass is 10.2. The number of pyridine rings is 1. The number of rotatable bonds is 7. The predicted molar refractivity (Wildman–Crippen MR) is 103 cm³/mol. The van der Waals surface area contributed by atoms with E-state index in [2.05, 4.69) is 15.3 Å². The molecule has 3 N–H and O–H groups in total. The second-order valence-electron chi connectivity index (χ2n) is 5.72. The average Bonchev–Trinajstić information content (AvgIpc) is 2.65. The van der Waals surface area contributed by atoms with E-state index < -0.39 is 11.2 Å². The number of ether oxygens (including phenoxy) is 1. The van der Waals surface area contributed by atoms with Gasteiger partial charge in [0.2, 0.25) is 16.4 Å². The van der Waals surface area contributed by atoms with Crippen molar-refractivity contribution in [2.24, 2.45) is 0 Å². The number of methoxy groups -OCH3 is 1. The van der Waals surface area contributed by atoms with Crippen molar-refractivity contribution >= 4 is 34.4 Å². The van der Waals surface area contributed by atoms with Crippen molar-refractivity contribution in [3.63, 3.8) is 0 Å². The van der Waals surface area contributed by atoms with Crippen LogP contribution in [0.2, 0.25) is 0 Å². The number of amides is 1. The summed E-state index contributed by atoms with van der Waals surface area (Å²) in [6.07, 6.45) is 0. The van der Waals surface area contributed by atoms with E-state index in [0.717, 1.165) is 15.9 Å². The van der Waals surface area contributed by atoms with E-state index in [-0.39, 0.29) is 30.6 Å². The van der Waals surface area contributed by atoms with Crippen LogP contribution in [0, 0.1) is 0 Å². The molecule has 0 unspecified atom stereocenters. The normalized spacial score (nSPS) is 10.9. The van der Waals surface area contributed by atoms with E-state index in [9.17, 15) is 14.4 Å². The van der Waals surface area contributed by atoms with Crippen LogP contribution >= 0.6 is 11.8 Å². The molecule has 2 aromatic heterocycles. The standard InChI is InChI=1S/C18H18N4O4S/c1-26-9-8-22-14(10-15(23)21-18(22)25)20-16(24)11-27-17-7-6-12-4-2-3-5-13(12)19-17/h2-7,10H,8-9,11H2,1H3,(H,20,24)(H,21,23,25)/p+1. The third-order valence-electron chi connectivity index (χ3n) is 3.81. The number of hydrogen-bond acceptors (Lipinski definition) is 5. The van der Waals surface area contributed by atoms with Crippen LogP contribution < -0.4 is 21.5 Å². The molecule has 0 aliphatic rings. The van der Waals surface area contributed by atoms with Gasteiger partial charge in [-0.3, -0.25) is 19.1 Å². The highest BCUT2D eigenvalue weighted by molar-refractivity contribution is 7.99. The van der Waals surface area contributed by atoms with Crippen molar-refractivity contribution in [2.45, 2.75) is 11.6 Å². The zero-order valence-electron chi connectivity index (χ0n) is 14.7. The lowest BCUT2D eigenvalue weighted by molar-refractivity contribution is -0.395. The number of carbonyl (C=O) groups excluding carboxylic acids is 1. The number of carbonyl (C=O) groups is 1. The van der Waals surface area contributed by atoms with E-state index in [1.165, 1.54) is 29.5 Å². The molecule has 0 aliphatic heterocycles. The third kappa shape index (κ3) is 4.83. The van der Waals surface area contributed by atoms with Gasteiger partial charge in [-0.05, 0) is 23.9 Å². The van der Waals surface area contributed by atoms with E-state index in [1.807, 2.05) is 36.4 Å². The highest BCUT2D eigenvalue weighted by atomic mass is 32.2. The van der Waals surface area contributed by atoms with Gasteiger partial charge in [0, 0.05) is 30.7 Å². The molecule has 8 nitrogen and oxygen atoms in total. The van der Waals surface area contributed by atoms with E-state index in [4.69, 9.17) is 4.74 Å². The Hall–Kier alpha value is -2.91. The van der Waals surface area contributed by atoms with Gasteiger partial charge in [-0.2, -0.15) is 4.98 Å². The Kier molecular flexibility index (Phi) is 6.05. The lowest BCUT2D eigenvalue weighted by Crippen LogP contribution is -2.34. The van der Waals surface area contributed by atoms with E-state index in [0.29, 0.717) is 0 Å². The van der Waals surface area contributed by atoms with Crippen molar-refractivity contribution < 1.29 is 14.5 Å². The third-order valence-corrected chi connectivity index (χ3v) is 4.77. The molecular weight excluding hydrogens is 368 g/mol. The van der Waals surface area contributed by atoms with Crippen LogP contribution in [0.3, 0.4) is 0 Å². The maximum atomic E-state index is 12.3. The Labute approximate surface area is 158 Å². The maximum absolute atomic E-state index is 12.3. The first kappa shape index (κ1) is 18.9. The number of aromatic nitrogens is 3. The van der Waals surface area contributed by atoms with Crippen LogP contribution in [0.25, 0.3) is 10.9 Å². The number of H-pyrrole nitrogens is 2. The number of aromatic amines is 2. The minimum absolute atomic E-state index is 0.125. The van der Waals surface area contributed by atoms with Gasteiger partial charge < -0.3 is 10.1 Å². The number of nitrogens with one attached hydrogen (secondary N) is 3. The zero-order valence-corrected chi connectivity index (χ0v) is 15.5. The highest BCUT2D eigenvalue weighted by Crippen LogP contribution is 2.16. The summed E-state index contributed by atoms with van der Waals surface area (Å²) in [5.74, 6) is -0.0493. The summed E-state index contributed by atoms with van der Waals surface area (Å²) in [5, 5.41) is 4.54. The molecule has 0 fully saturated rings. The Morgan fingerprint density at radius 1 is 1.26 bits per heavy atom. The smallest absolute Gasteiger partial charge is 0.329 e. The fourth-order valence-electron chi connectivity index (χ4n) is 2.53. The fraction of sp³-hybridized carbons (Fsp3) is 0.222. The minimum atomic E-state index is -0.592. The maximum Gasteiger partial charge on any atom is 0.329 e. The number of fused-ring (bicyclic) bond motifs is 1. The topological polar surface area (TPSA) is 107 Å². The van der Waals surface area contributed by atoms with Gasteiger partial charge in [-0.15, -0.1) is 0 Å². The molecule has 0 spiro atoms. The van der Waals surface area contributed by atoms with Crippen LogP contribution in [0.15, 0.2) is 57.1 Å². The number of benzene rings is 1. The summed E-state index contributed by atoms with van der Waals surface area (Å²) in [7, 11) is 1.51. The van der Waals surface area contributed by atoms with Crippen LogP contribution in [0.5, 0.6) is 0 Å². The number of thioether (sulfide) groups is 1. The summed E-state index contributed by atoms with van der Waals surface area (Å²) in [6.45, 7) is 0.489. The molecule has 0 saturated carbocycles. The molecule has 0 saturated heterocycles. The number of anilines is 1. The van der Waals surface area contributed by atoms with Gasteiger partial charge in [-0.25, -0.2) is 4.79 Å². The van der Waals surface area contributed by atoms with Crippen LogP contribution in [0.1, 0.15) is 0 Å². The average molecular weight is 387 g/mol. The Morgan fingerprint density at radius 2 is 2.07 bits per heavy atom. The second-order valence-corrected chi connectivity index (χ2v) is 6.73. The first-order valence-corrected chi connectivity index (χ1v) is 9.22. The minimum Gasteiger partial charge on any atom is -0.383 e. The van der Waals surface area contributed by atoms with Crippen LogP contribution in [0.4, 0.5) is 5.82 Å². The molecule has 1 aromatic carbocycles. The van der Waals surface area contributed by atoms with Crippen molar-refractivity contribution in [1.29, 1.82) is 0 Å². The molecule has 3 aromatic rings. The van der Waals surface area contributed by atoms with Gasteiger partial charge >= 0.3 is 5.69 Å². The molecular formula is C18H19N4O4S+. The number of para-hydroxylation sites is 1. The van der Waals surface area contributed by atoms with Crippen LogP contribution in [-0.4, -0.2) is 34.9 Å². The van der Waals surface area contributed by atoms with Gasteiger partial charge in [0.25, 0.3) is 5.56 Å². The molecule has 0 aliphatic carbocycles. The van der Waals surface area contributed by atoms with Gasteiger partial charge in [-0.1, -0.05) is 12.1 Å². The molecule has 1 amide bonds. The predicted octanol–water partition coefficient (Wildman–Crippen LogP) is 0.881. The number of nitrogens with zero attached hydrogens (tertiary/aromatic N) is 1. The van der Waals surface area contributed by atoms with Crippen molar-refractivity contribution in [3.05, 3.63) is 63.3 Å². The lowest BCUT2D eigenvalue weighted by Gasteiger charge is -2.12. The molecule has 9 heteroatoms. The molecule has 27 heavy (non-hydrogen) atoms. The van der Waals surface area contributed by atoms with Crippen LogP contribution in [-0.2, 0) is 16.1 Å². The summed E-state index contributed by atoms with van der Waals surface area (Å²) in [5.41, 5.74) is -0.184. The van der Waals surface area contributed by atoms with Gasteiger partial charge in [0.1, 0.15) is 5.82 Å². The Balaban J connectivity index is 1.70. The van der Waals surface area contributed by atoms with E-state index >= 15 is 0 Å².